The second-order valence-electron chi connectivity index (χ2n) is 10.2. The van der Waals surface area contributed by atoms with Crippen molar-refractivity contribution in [3.05, 3.63) is 29.8 Å². The van der Waals surface area contributed by atoms with Crippen molar-refractivity contribution in [2.75, 3.05) is 33.4 Å². The van der Waals surface area contributed by atoms with Gasteiger partial charge in [-0.1, -0.05) is 26.0 Å². The molecule has 0 bridgehead atoms. The Morgan fingerprint density at radius 2 is 1.92 bits per heavy atom. The van der Waals surface area contributed by atoms with Gasteiger partial charge in [0.05, 0.1) is 30.3 Å². The molecule has 1 aromatic carbocycles. The van der Waals surface area contributed by atoms with Gasteiger partial charge in [0, 0.05) is 44.6 Å². The molecule has 0 heterocycles. The van der Waals surface area contributed by atoms with Gasteiger partial charge in [0.1, 0.15) is 5.75 Å². The number of aliphatic hydroxyl groups is 2. The molecule has 0 unspecified atom stereocenters. The largest absolute Gasteiger partial charge is 0.493 e. The summed E-state index contributed by atoms with van der Waals surface area (Å²) in [6.45, 7) is 5.39. The van der Waals surface area contributed by atoms with Crippen molar-refractivity contribution in [3.63, 3.8) is 0 Å². The number of ether oxygens (including phenoxy) is 2. The van der Waals surface area contributed by atoms with E-state index in [0.717, 1.165) is 23.7 Å². The molecule has 5 N–H and O–H groups in total. The molecule has 1 aromatic rings. The smallest absolute Gasteiger partial charge is 0.271 e. The van der Waals surface area contributed by atoms with Crippen LogP contribution in [0.5, 0.6) is 5.75 Å². The van der Waals surface area contributed by atoms with E-state index in [4.69, 9.17) is 27.0 Å². The minimum atomic E-state index is -0.963. The molecule has 5 atom stereocenters. The van der Waals surface area contributed by atoms with E-state index < -0.39 is 24.2 Å². The molecule has 1 saturated carbocycles. The predicted molar refractivity (Wildman–Crippen MR) is 143 cm³/mol. The lowest BCUT2D eigenvalue weighted by atomic mass is 9.87. The molecule has 0 saturated heterocycles. The van der Waals surface area contributed by atoms with Gasteiger partial charge < -0.3 is 30.7 Å². The van der Waals surface area contributed by atoms with Crippen LogP contribution >= 0.6 is 11.8 Å². The molecule has 2 rings (SSSR count). The van der Waals surface area contributed by atoms with Gasteiger partial charge >= 0.3 is 0 Å². The maximum atomic E-state index is 13.2. The zero-order chi connectivity index (χ0) is 27.4. The Morgan fingerprint density at radius 3 is 2.57 bits per heavy atom. The number of benzene rings is 1. The van der Waals surface area contributed by atoms with Crippen molar-refractivity contribution >= 4 is 23.6 Å². The van der Waals surface area contributed by atoms with Gasteiger partial charge in [-0.15, -0.1) is 0 Å². The number of rotatable bonds is 16. The monoisotopic (exact) mass is 541 g/mol. The fraction of sp³-hybridized carbons (Fsp3) is 0.704. The van der Waals surface area contributed by atoms with Crippen molar-refractivity contribution in [2.24, 2.45) is 23.5 Å². The van der Waals surface area contributed by atoms with Crippen LogP contribution in [0.2, 0.25) is 0 Å². The molecular weight excluding hydrogens is 498 g/mol. The summed E-state index contributed by atoms with van der Waals surface area (Å²) in [5.41, 5.74) is 6.66. The van der Waals surface area contributed by atoms with E-state index in [9.17, 15) is 19.8 Å². The number of nitrogens with two attached hydrogens (primary N) is 1. The summed E-state index contributed by atoms with van der Waals surface area (Å²) in [5, 5.41) is 23.2. The molecule has 210 valence electrons. The fourth-order valence-electron chi connectivity index (χ4n) is 4.52. The topological polar surface area (TPSA) is 134 Å². The molecule has 0 radical (unpaired) electrons. The summed E-state index contributed by atoms with van der Waals surface area (Å²) in [7, 11) is 1.66. The maximum absolute atomic E-state index is 13.2. The Balaban J connectivity index is 1.90. The van der Waals surface area contributed by atoms with Gasteiger partial charge in [-0.3, -0.25) is 14.0 Å². The van der Waals surface area contributed by atoms with Crippen molar-refractivity contribution in [2.45, 2.75) is 70.6 Å². The Kier molecular flexibility index (Phi) is 13.7. The molecule has 9 nitrogen and oxygen atoms in total. The first-order valence-electron chi connectivity index (χ1n) is 13.2. The SMILES string of the molecule is COCCCCOc1ccccc1C(=O)N(Cl)C[C@@H](C[C@H](N)[C@@H](O)CNC(=O)[C@H]1CCC[C@@H]1O)C(C)C. The first-order chi connectivity index (χ1) is 17.6. The molecule has 0 spiro atoms. The highest BCUT2D eigenvalue weighted by atomic mass is 35.5. The summed E-state index contributed by atoms with van der Waals surface area (Å²) < 4.78 is 12.0. The van der Waals surface area contributed by atoms with Crippen LogP contribution < -0.4 is 15.8 Å². The van der Waals surface area contributed by atoms with E-state index in [0.29, 0.717) is 43.8 Å². The number of halogens is 1. The molecule has 1 aliphatic rings. The molecule has 2 amide bonds. The molecule has 1 aliphatic carbocycles. The summed E-state index contributed by atoms with van der Waals surface area (Å²) in [6.07, 6.45) is 2.57. The van der Waals surface area contributed by atoms with Gasteiger partial charge in [-0.25, -0.2) is 0 Å². The third-order valence-corrected chi connectivity index (χ3v) is 7.34. The highest BCUT2D eigenvalue weighted by Crippen LogP contribution is 2.26. The summed E-state index contributed by atoms with van der Waals surface area (Å²) >= 11 is 6.46. The van der Waals surface area contributed by atoms with Gasteiger partial charge in [-0.2, -0.15) is 0 Å². The lowest BCUT2D eigenvalue weighted by Gasteiger charge is -2.29. The van der Waals surface area contributed by atoms with E-state index in [2.05, 4.69) is 5.32 Å². The van der Waals surface area contributed by atoms with Crippen molar-refractivity contribution in [3.8, 4) is 5.75 Å². The number of nitrogens with zero attached hydrogens (tertiary/aromatic N) is 1. The van der Waals surface area contributed by atoms with Crippen LogP contribution in [-0.4, -0.2) is 78.1 Å². The minimum Gasteiger partial charge on any atom is -0.493 e. The molecule has 10 heteroatoms. The number of methoxy groups -OCH3 is 1. The van der Waals surface area contributed by atoms with Gasteiger partial charge in [0.15, 0.2) is 0 Å². The second-order valence-corrected chi connectivity index (χ2v) is 10.6. The average Bonchev–Trinajstić information content (AvgIpc) is 3.31. The Morgan fingerprint density at radius 1 is 1.22 bits per heavy atom. The third-order valence-electron chi connectivity index (χ3n) is 7.05. The number of carbonyl (C=O) groups is 2. The average molecular weight is 542 g/mol. The molecule has 0 aliphatic heterocycles. The second kappa shape index (κ2) is 16.1. The highest BCUT2D eigenvalue weighted by Gasteiger charge is 2.32. The molecule has 1 fully saturated rings. The summed E-state index contributed by atoms with van der Waals surface area (Å²) in [6, 6.07) is 6.39. The Labute approximate surface area is 225 Å². The summed E-state index contributed by atoms with van der Waals surface area (Å²) in [4.78, 5) is 25.5. The maximum Gasteiger partial charge on any atom is 0.271 e. The first-order valence-corrected chi connectivity index (χ1v) is 13.6. The number of hydrogen-bond donors (Lipinski definition) is 4. The van der Waals surface area contributed by atoms with E-state index in [1.165, 1.54) is 0 Å². The number of unbranched alkanes of at least 4 members (excludes halogenated alkanes) is 1. The number of nitrogens with one attached hydrogen (secondary N) is 1. The van der Waals surface area contributed by atoms with E-state index in [1.54, 1.807) is 25.3 Å². The van der Waals surface area contributed by atoms with Crippen LogP contribution in [-0.2, 0) is 9.53 Å². The van der Waals surface area contributed by atoms with Gasteiger partial charge in [0.2, 0.25) is 5.91 Å². The van der Waals surface area contributed by atoms with Crippen LogP contribution in [0.1, 0.15) is 62.7 Å². The van der Waals surface area contributed by atoms with Crippen LogP contribution in [0.25, 0.3) is 0 Å². The van der Waals surface area contributed by atoms with Crippen LogP contribution in [0.15, 0.2) is 24.3 Å². The zero-order valence-electron chi connectivity index (χ0n) is 22.3. The fourth-order valence-corrected chi connectivity index (χ4v) is 4.79. The lowest BCUT2D eigenvalue weighted by molar-refractivity contribution is -0.128. The Bertz CT molecular complexity index is 842. The standard InChI is InChI=1S/C27H44ClN3O6/c1-18(2)19(15-22(29)24(33)16-30-26(34)20-10-8-11-23(20)32)17-31(28)27(35)21-9-4-5-12-25(21)37-14-7-6-13-36-3/h4-5,9,12,18-20,22-24,32-33H,6-8,10-11,13-17,29H2,1-3H3,(H,30,34)/t19-,20+,22+,23+,24+/m1/s1. The number of hydrogen-bond acceptors (Lipinski definition) is 7. The van der Waals surface area contributed by atoms with Crippen LogP contribution in [0.4, 0.5) is 0 Å². The third kappa shape index (κ3) is 10.1. The quantitative estimate of drug-likeness (QED) is 0.187. The van der Waals surface area contributed by atoms with Crippen molar-refractivity contribution < 1.29 is 29.3 Å². The molecule has 37 heavy (non-hydrogen) atoms. The van der Waals surface area contributed by atoms with Crippen molar-refractivity contribution in [1.29, 1.82) is 0 Å². The van der Waals surface area contributed by atoms with E-state index in [1.807, 2.05) is 19.9 Å². The Hall–Kier alpha value is -1.91. The van der Waals surface area contributed by atoms with Gasteiger partial charge in [-0.05, 0) is 62.5 Å². The summed E-state index contributed by atoms with van der Waals surface area (Å²) in [5.74, 6) is -0.514. The first kappa shape index (κ1) is 31.3. The number of carbonyl (C=O) groups excluding carboxylic acids is 2. The van der Waals surface area contributed by atoms with E-state index >= 15 is 0 Å². The molecular formula is C27H44ClN3O6. The van der Waals surface area contributed by atoms with Crippen molar-refractivity contribution in [1.82, 2.24) is 9.74 Å². The highest BCUT2D eigenvalue weighted by molar-refractivity contribution is 6.24. The van der Waals surface area contributed by atoms with Crippen LogP contribution in [0.3, 0.4) is 0 Å². The molecule has 0 aromatic heterocycles. The number of para-hydroxylation sites is 1. The predicted octanol–water partition coefficient (Wildman–Crippen LogP) is 2.72. The lowest BCUT2D eigenvalue weighted by Crippen LogP contribution is -2.47. The van der Waals surface area contributed by atoms with Gasteiger partial charge in [0.25, 0.3) is 5.91 Å². The minimum absolute atomic E-state index is 0.00660. The zero-order valence-corrected chi connectivity index (χ0v) is 23.0. The normalized spacial score (nSPS) is 19.9. The number of aliphatic hydroxyl groups excluding tert-OH is 2. The van der Waals surface area contributed by atoms with Crippen LogP contribution in [0, 0.1) is 17.8 Å². The number of amides is 2. The van der Waals surface area contributed by atoms with E-state index in [-0.39, 0.29) is 36.7 Å².